The van der Waals surface area contributed by atoms with Gasteiger partial charge in [-0.25, -0.2) is 0 Å². The van der Waals surface area contributed by atoms with Gasteiger partial charge in [0.2, 0.25) is 12.7 Å². The van der Waals surface area contributed by atoms with Gasteiger partial charge in [0.15, 0.2) is 11.5 Å². The molecule has 130 valence electrons. The van der Waals surface area contributed by atoms with Gasteiger partial charge in [0, 0.05) is 25.8 Å². The number of carbonyl (C=O) groups excluding carboxylic acids is 1. The molecular formula is C19H25NO4. The minimum Gasteiger partial charge on any atom is -0.454 e. The molecule has 24 heavy (non-hydrogen) atoms. The number of ether oxygens (including phenoxy) is 2. The van der Waals surface area contributed by atoms with Gasteiger partial charge in [0.1, 0.15) is 0 Å². The molecule has 1 N–H and O–H groups in total. The van der Waals surface area contributed by atoms with Gasteiger partial charge in [0.25, 0.3) is 0 Å². The molecule has 1 aromatic rings. The van der Waals surface area contributed by atoms with E-state index in [9.17, 15) is 4.79 Å². The standard InChI is InChI=1S/C17H19NO3.C2H6O/c19-17(18-10-4-1-5-11-18)7-3-2-6-14-8-9-15-16(12-14)21-13-20-15;1-2-3/h2-3,6-9,12H,1,4-5,10-11,13H2;3H,2H2,1H3/b6-2+,7-3+;. The van der Waals surface area contributed by atoms with Crippen LogP contribution in [0.5, 0.6) is 11.5 Å². The van der Waals surface area contributed by atoms with Crippen LogP contribution in [0.15, 0.2) is 36.4 Å². The highest BCUT2D eigenvalue weighted by Gasteiger charge is 2.13. The van der Waals surface area contributed by atoms with Crippen LogP contribution in [0.1, 0.15) is 31.7 Å². The van der Waals surface area contributed by atoms with E-state index in [1.807, 2.05) is 35.3 Å². The normalized spacial score (nSPS) is 16.3. The summed E-state index contributed by atoms with van der Waals surface area (Å²) in [6.07, 6.45) is 10.7. The summed E-state index contributed by atoms with van der Waals surface area (Å²) in [5.41, 5.74) is 1.02. The van der Waals surface area contributed by atoms with Crippen molar-refractivity contribution in [2.45, 2.75) is 26.2 Å². The molecule has 0 saturated carbocycles. The molecule has 0 bridgehead atoms. The monoisotopic (exact) mass is 331 g/mol. The van der Waals surface area contributed by atoms with Crippen LogP contribution in [0.25, 0.3) is 6.08 Å². The number of hydrogen-bond donors (Lipinski definition) is 1. The highest BCUT2D eigenvalue weighted by atomic mass is 16.7. The Morgan fingerprint density at radius 3 is 2.62 bits per heavy atom. The summed E-state index contributed by atoms with van der Waals surface area (Å²) in [7, 11) is 0. The van der Waals surface area contributed by atoms with Gasteiger partial charge in [0.05, 0.1) is 0 Å². The van der Waals surface area contributed by atoms with E-state index in [1.54, 1.807) is 19.1 Å². The number of allylic oxidation sites excluding steroid dienone is 2. The van der Waals surface area contributed by atoms with Gasteiger partial charge >= 0.3 is 0 Å². The van der Waals surface area contributed by atoms with E-state index in [0.29, 0.717) is 0 Å². The summed E-state index contributed by atoms with van der Waals surface area (Å²) in [5.74, 6) is 1.65. The van der Waals surface area contributed by atoms with Crippen LogP contribution in [0.2, 0.25) is 0 Å². The number of fused-ring (bicyclic) bond motifs is 1. The van der Waals surface area contributed by atoms with Crippen molar-refractivity contribution in [3.8, 4) is 11.5 Å². The van der Waals surface area contributed by atoms with Gasteiger partial charge in [-0.3, -0.25) is 4.79 Å². The van der Waals surface area contributed by atoms with E-state index >= 15 is 0 Å². The van der Waals surface area contributed by atoms with Crippen LogP contribution in [0.4, 0.5) is 0 Å². The Labute approximate surface area is 143 Å². The lowest BCUT2D eigenvalue weighted by molar-refractivity contribution is -0.126. The Balaban J connectivity index is 0.000000647. The fraction of sp³-hybridized carbons (Fsp3) is 0.421. The molecule has 0 unspecified atom stereocenters. The van der Waals surface area contributed by atoms with Crippen molar-refractivity contribution >= 4 is 12.0 Å². The highest BCUT2D eigenvalue weighted by Crippen LogP contribution is 2.32. The van der Waals surface area contributed by atoms with Gasteiger partial charge in [-0.15, -0.1) is 0 Å². The smallest absolute Gasteiger partial charge is 0.246 e. The Bertz CT molecular complexity index is 589. The Morgan fingerprint density at radius 1 is 1.17 bits per heavy atom. The molecule has 5 heteroatoms. The number of rotatable bonds is 3. The van der Waals surface area contributed by atoms with Gasteiger partial charge < -0.3 is 19.5 Å². The SMILES string of the molecule is CCO.O=C(/C=C/C=C/c1ccc2c(c1)OCO2)N1CCCCC1. The molecule has 1 saturated heterocycles. The molecule has 0 aliphatic carbocycles. The minimum atomic E-state index is 0.102. The molecule has 2 aliphatic rings. The second-order valence-corrected chi connectivity index (χ2v) is 5.53. The Morgan fingerprint density at radius 2 is 1.88 bits per heavy atom. The van der Waals surface area contributed by atoms with Gasteiger partial charge in [-0.05, 0) is 43.9 Å². The number of aliphatic hydroxyl groups is 1. The third-order valence-corrected chi connectivity index (χ3v) is 3.70. The van der Waals surface area contributed by atoms with E-state index < -0.39 is 0 Å². The quantitative estimate of drug-likeness (QED) is 0.683. The lowest BCUT2D eigenvalue weighted by Gasteiger charge is -2.25. The number of carbonyl (C=O) groups is 1. The molecule has 5 nitrogen and oxygen atoms in total. The Kier molecular flexibility index (Phi) is 7.36. The number of amides is 1. The third kappa shape index (κ3) is 5.42. The number of benzene rings is 1. The van der Waals surface area contributed by atoms with Crippen LogP contribution in [0, 0.1) is 0 Å². The zero-order chi connectivity index (χ0) is 17.2. The maximum atomic E-state index is 11.9. The van der Waals surface area contributed by atoms with Crippen LogP contribution in [0.3, 0.4) is 0 Å². The lowest BCUT2D eigenvalue weighted by Crippen LogP contribution is -2.34. The van der Waals surface area contributed by atoms with Crippen molar-refractivity contribution in [1.29, 1.82) is 0 Å². The van der Waals surface area contributed by atoms with Crippen molar-refractivity contribution in [3.05, 3.63) is 42.0 Å². The minimum absolute atomic E-state index is 0.102. The van der Waals surface area contributed by atoms with E-state index in [4.69, 9.17) is 14.6 Å². The first-order chi connectivity index (χ1) is 11.7. The summed E-state index contributed by atoms with van der Waals surface area (Å²) in [5, 5.41) is 7.57. The fourth-order valence-corrected chi connectivity index (χ4v) is 2.54. The highest BCUT2D eigenvalue weighted by molar-refractivity contribution is 5.88. The predicted octanol–water partition coefficient (Wildman–Crippen LogP) is 3.00. The molecule has 2 heterocycles. The van der Waals surface area contributed by atoms with E-state index in [-0.39, 0.29) is 19.3 Å². The summed E-state index contributed by atoms with van der Waals surface area (Å²) in [6.45, 7) is 3.98. The van der Waals surface area contributed by atoms with Crippen molar-refractivity contribution < 1.29 is 19.4 Å². The lowest BCUT2D eigenvalue weighted by atomic mass is 10.1. The number of likely N-dealkylation sites (tertiary alicyclic amines) is 1. The third-order valence-electron chi connectivity index (χ3n) is 3.70. The van der Waals surface area contributed by atoms with Crippen LogP contribution < -0.4 is 9.47 Å². The van der Waals surface area contributed by atoms with Crippen molar-refractivity contribution in [3.63, 3.8) is 0 Å². The molecule has 1 aromatic carbocycles. The number of nitrogens with zero attached hydrogens (tertiary/aromatic N) is 1. The van der Waals surface area contributed by atoms with Gasteiger partial charge in [-0.1, -0.05) is 24.3 Å². The molecule has 1 amide bonds. The first kappa shape index (κ1) is 18.1. The van der Waals surface area contributed by atoms with Crippen LogP contribution >= 0.6 is 0 Å². The largest absolute Gasteiger partial charge is 0.454 e. The summed E-state index contributed by atoms with van der Waals surface area (Å²) >= 11 is 0. The molecular weight excluding hydrogens is 306 g/mol. The van der Waals surface area contributed by atoms with E-state index in [2.05, 4.69) is 0 Å². The second-order valence-electron chi connectivity index (χ2n) is 5.53. The van der Waals surface area contributed by atoms with Crippen LogP contribution in [-0.4, -0.2) is 42.4 Å². The Hall–Kier alpha value is -2.27. The molecule has 2 aliphatic heterocycles. The van der Waals surface area contributed by atoms with Crippen molar-refractivity contribution in [2.75, 3.05) is 26.5 Å². The first-order valence-corrected chi connectivity index (χ1v) is 8.38. The zero-order valence-electron chi connectivity index (χ0n) is 14.1. The van der Waals surface area contributed by atoms with Crippen molar-refractivity contribution in [1.82, 2.24) is 4.90 Å². The molecule has 0 aromatic heterocycles. The van der Waals surface area contributed by atoms with Gasteiger partial charge in [-0.2, -0.15) is 0 Å². The summed E-state index contributed by atoms with van der Waals surface area (Å²) < 4.78 is 10.6. The first-order valence-electron chi connectivity index (χ1n) is 8.38. The average molecular weight is 331 g/mol. The van der Waals surface area contributed by atoms with Crippen LogP contribution in [-0.2, 0) is 4.79 Å². The second kappa shape index (κ2) is 9.78. The molecule has 0 atom stereocenters. The maximum Gasteiger partial charge on any atom is 0.246 e. The maximum absolute atomic E-state index is 11.9. The zero-order valence-corrected chi connectivity index (χ0v) is 14.1. The average Bonchev–Trinajstić information content (AvgIpc) is 3.08. The topological polar surface area (TPSA) is 59.0 Å². The fourth-order valence-electron chi connectivity index (χ4n) is 2.54. The molecule has 1 fully saturated rings. The van der Waals surface area contributed by atoms with E-state index in [0.717, 1.165) is 43.0 Å². The summed E-state index contributed by atoms with van der Waals surface area (Å²) in [6, 6.07) is 5.79. The predicted molar refractivity (Wildman–Crippen MR) is 93.9 cm³/mol. The number of piperidine rings is 1. The molecule has 3 rings (SSSR count). The van der Waals surface area contributed by atoms with E-state index in [1.165, 1.54) is 6.42 Å². The summed E-state index contributed by atoms with van der Waals surface area (Å²) in [4.78, 5) is 13.8. The molecule has 0 radical (unpaired) electrons. The number of aliphatic hydroxyl groups excluding tert-OH is 1. The number of hydrogen-bond acceptors (Lipinski definition) is 4. The molecule has 0 spiro atoms. The van der Waals surface area contributed by atoms with Crippen molar-refractivity contribution in [2.24, 2.45) is 0 Å².